The number of pyridine rings is 1. The fourth-order valence-electron chi connectivity index (χ4n) is 3.48. The first-order chi connectivity index (χ1) is 12.7. The number of hydrogen-bond donors (Lipinski definition) is 1. The lowest BCUT2D eigenvalue weighted by Crippen LogP contribution is -2.48. The van der Waals surface area contributed by atoms with E-state index in [9.17, 15) is 4.79 Å². The van der Waals surface area contributed by atoms with E-state index in [-0.39, 0.29) is 11.9 Å². The molecule has 0 aliphatic heterocycles. The smallest absolute Gasteiger partial charge is 0.241 e. The topological polar surface area (TPSA) is 84.2 Å². The van der Waals surface area contributed by atoms with Crippen LogP contribution in [-0.4, -0.2) is 45.1 Å². The van der Waals surface area contributed by atoms with Crippen molar-refractivity contribution in [3.8, 4) is 11.5 Å². The SMILES string of the molecule is CC[C@@H](C(=O)NC1CCCCC1)N(C)Cc1nc(-c2ccccn2)no1. The zero-order chi connectivity index (χ0) is 18.4. The normalized spacial score (nSPS) is 16.6. The van der Waals surface area contributed by atoms with Gasteiger partial charge in [-0.3, -0.25) is 14.7 Å². The molecule has 0 aromatic carbocycles. The van der Waals surface area contributed by atoms with Crippen LogP contribution in [0, 0.1) is 0 Å². The fourth-order valence-corrected chi connectivity index (χ4v) is 3.48. The summed E-state index contributed by atoms with van der Waals surface area (Å²) >= 11 is 0. The number of nitrogens with zero attached hydrogens (tertiary/aromatic N) is 4. The van der Waals surface area contributed by atoms with Crippen molar-refractivity contribution in [3.63, 3.8) is 0 Å². The summed E-state index contributed by atoms with van der Waals surface area (Å²) in [6.45, 7) is 2.45. The molecule has 1 fully saturated rings. The van der Waals surface area contributed by atoms with Crippen molar-refractivity contribution in [2.75, 3.05) is 7.05 Å². The summed E-state index contributed by atoms with van der Waals surface area (Å²) in [4.78, 5) is 23.3. The molecular weight excluding hydrogens is 330 g/mol. The van der Waals surface area contributed by atoms with Gasteiger partial charge in [0.15, 0.2) is 0 Å². The van der Waals surface area contributed by atoms with Crippen molar-refractivity contribution >= 4 is 5.91 Å². The van der Waals surface area contributed by atoms with Gasteiger partial charge in [-0.1, -0.05) is 37.4 Å². The van der Waals surface area contributed by atoms with Crippen LogP contribution in [0.3, 0.4) is 0 Å². The maximum atomic E-state index is 12.7. The molecule has 2 heterocycles. The summed E-state index contributed by atoms with van der Waals surface area (Å²) in [5, 5.41) is 7.20. The minimum Gasteiger partial charge on any atom is -0.352 e. The highest BCUT2D eigenvalue weighted by Gasteiger charge is 2.26. The molecule has 1 aliphatic rings. The Labute approximate surface area is 154 Å². The Morgan fingerprint density at radius 3 is 2.85 bits per heavy atom. The Hall–Kier alpha value is -2.28. The van der Waals surface area contributed by atoms with E-state index < -0.39 is 0 Å². The van der Waals surface area contributed by atoms with Crippen molar-refractivity contribution in [1.29, 1.82) is 0 Å². The van der Waals surface area contributed by atoms with Gasteiger partial charge in [-0.05, 0) is 38.4 Å². The molecule has 1 saturated carbocycles. The fraction of sp³-hybridized carbons (Fsp3) is 0.579. The third-order valence-electron chi connectivity index (χ3n) is 4.92. The van der Waals surface area contributed by atoms with Gasteiger partial charge in [0, 0.05) is 12.2 Å². The minimum atomic E-state index is -0.206. The molecule has 0 radical (unpaired) electrons. The molecule has 3 rings (SSSR count). The molecule has 7 nitrogen and oxygen atoms in total. The van der Waals surface area contributed by atoms with Crippen molar-refractivity contribution in [3.05, 3.63) is 30.3 Å². The lowest BCUT2D eigenvalue weighted by molar-refractivity contribution is -0.127. The van der Waals surface area contributed by atoms with Gasteiger partial charge in [-0.15, -0.1) is 0 Å². The van der Waals surface area contributed by atoms with E-state index in [2.05, 4.69) is 20.4 Å². The first-order valence-electron chi connectivity index (χ1n) is 9.42. The van der Waals surface area contributed by atoms with Crippen LogP contribution in [0.2, 0.25) is 0 Å². The Kier molecular flexibility index (Phi) is 6.33. The molecule has 2 aromatic heterocycles. The molecule has 0 unspecified atom stereocenters. The quantitative estimate of drug-likeness (QED) is 0.820. The molecule has 1 amide bonds. The Bertz CT molecular complexity index is 697. The van der Waals surface area contributed by atoms with Crippen LogP contribution in [-0.2, 0) is 11.3 Å². The monoisotopic (exact) mass is 357 g/mol. The number of aromatic nitrogens is 3. The first kappa shape index (κ1) is 18.5. The van der Waals surface area contributed by atoms with E-state index in [0.717, 1.165) is 19.3 Å². The van der Waals surface area contributed by atoms with Crippen LogP contribution < -0.4 is 5.32 Å². The number of rotatable bonds is 7. The summed E-state index contributed by atoms with van der Waals surface area (Å²) in [5.41, 5.74) is 0.673. The maximum Gasteiger partial charge on any atom is 0.241 e. The number of amides is 1. The average molecular weight is 357 g/mol. The highest BCUT2D eigenvalue weighted by molar-refractivity contribution is 5.81. The highest BCUT2D eigenvalue weighted by Crippen LogP contribution is 2.18. The van der Waals surface area contributed by atoms with E-state index in [0.29, 0.717) is 30.0 Å². The van der Waals surface area contributed by atoms with Gasteiger partial charge < -0.3 is 9.84 Å². The predicted molar refractivity (Wildman–Crippen MR) is 98.1 cm³/mol. The summed E-state index contributed by atoms with van der Waals surface area (Å²) in [6.07, 6.45) is 8.29. The average Bonchev–Trinajstić information content (AvgIpc) is 3.12. The molecule has 1 atom stereocenters. The second kappa shape index (κ2) is 8.89. The standard InChI is InChI=1S/C19H27N5O2/c1-3-16(19(25)21-14-9-5-4-6-10-14)24(2)13-17-22-18(23-26-17)15-11-7-8-12-20-15/h7-8,11-12,14,16H,3-6,9-10,13H2,1-2H3,(H,21,25)/t16-/m0/s1. The Balaban J connectivity index is 1.59. The molecule has 0 spiro atoms. The predicted octanol–water partition coefficient (Wildman–Crippen LogP) is 2.79. The third-order valence-corrected chi connectivity index (χ3v) is 4.92. The number of hydrogen-bond acceptors (Lipinski definition) is 6. The van der Waals surface area contributed by atoms with Crippen LogP contribution in [0.15, 0.2) is 28.9 Å². The lowest BCUT2D eigenvalue weighted by atomic mass is 9.95. The molecule has 2 aromatic rings. The number of likely N-dealkylation sites (N-methyl/N-ethyl adjacent to an activating group) is 1. The van der Waals surface area contributed by atoms with E-state index >= 15 is 0 Å². The van der Waals surface area contributed by atoms with Gasteiger partial charge in [0.25, 0.3) is 0 Å². The van der Waals surface area contributed by atoms with Crippen molar-refractivity contribution in [2.45, 2.75) is 64.1 Å². The van der Waals surface area contributed by atoms with Crippen molar-refractivity contribution in [1.82, 2.24) is 25.3 Å². The second-order valence-electron chi connectivity index (χ2n) is 6.91. The van der Waals surface area contributed by atoms with Gasteiger partial charge in [0.05, 0.1) is 12.6 Å². The molecule has 0 saturated heterocycles. The van der Waals surface area contributed by atoms with Gasteiger partial charge in [0.1, 0.15) is 5.69 Å². The largest absolute Gasteiger partial charge is 0.352 e. The molecule has 26 heavy (non-hydrogen) atoms. The zero-order valence-corrected chi connectivity index (χ0v) is 15.5. The summed E-state index contributed by atoms with van der Waals surface area (Å²) < 4.78 is 5.34. The van der Waals surface area contributed by atoms with Gasteiger partial charge >= 0.3 is 0 Å². The van der Waals surface area contributed by atoms with Gasteiger partial charge in [-0.2, -0.15) is 4.98 Å². The van der Waals surface area contributed by atoms with Crippen LogP contribution in [0.5, 0.6) is 0 Å². The summed E-state index contributed by atoms with van der Waals surface area (Å²) in [5.74, 6) is 1.04. The number of carbonyl (C=O) groups excluding carboxylic acids is 1. The van der Waals surface area contributed by atoms with Gasteiger partial charge in [0.2, 0.25) is 17.6 Å². The maximum absolute atomic E-state index is 12.7. The van der Waals surface area contributed by atoms with Crippen molar-refractivity contribution < 1.29 is 9.32 Å². The summed E-state index contributed by atoms with van der Waals surface area (Å²) in [7, 11) is 1.92. The van der Waals surface area contributed by atoms with Crippen molar-refractivity contribution in [2.24, 2.45) is 0 Å². The molecular formula is C19H27N5O2. The molecule has 1 N–H and O–H groups in total. The lowest BCUT2D eigenvalue weighted by Gasteiger charge is -2.29. The molecule has 140 valence electrons. The molecule has 7 heteroatoms. The second-order valence-corrected chi connectivity index (χ2v) is 6.91. The first-order valence-corrected chi connectivity index (χ1v) is 9.42. The van der Waals surface area contributed by atoms with E-state index in [4.69, 9.17) is 4.52 Å². The minimum absolute atomic E-state index is 0.0892. The highest BCUT2D eigenvalue weighted by atomic mass is 16.5. The third kappa shape index (κ3) is 4.66. The summed E-state index contributed by atoms with van der Waals surface area (Å²) in [6, 6.07) is 5.67. The van der Waals surface area contributed by atoms with E-state index in [1.165, 1.54) is 19.3 Å². The molecule has 0 bridgehead atoms. The van der Waals surface area contributed by atoms with E-state index in [1.807, 2.05) is 37.1 Å². The Morgan fingerprint density at radius 1 is 1.35 bits per heavy atom. The van der Waals surface area contributed by atoms with Crippen LogP contribution in [0.4, 0.5) is 0 Å². The van der Waals surface area contributed by atoms with Crippen LogP contribution >= 0.6 is 0 Å². The van der Waals surface area contributed by atoms with Crippen LogP contribution in [0.25, 0.3) is 11.5 Å². The molecule has 1 aliphatic carbocycles. The van der Waals surface area contributed by atoms with E-state index in [1.54, 1.807) is 6.20 Å². The Morgan fingerprint density at radius 2 is 2.15 bits per heavy atom. The zero-order valence-electron chi connectivity index (χ0n) is 15.5. The number of nitrogens with one attached hydrogen (secondary N) is 1. The van der Waals surface area contributed by atoms with Gasteiger partial charge in [-0.25, -0.2) is 0 Å². The van der Waals surface area contributed by atoms with Crippen LogP contribution in [0.1, 0.15) is 51.3 Å². The number of carbonyl (C=O) groups is 1.